The molecule has 0 fully saturated rings. The van der Waals surface area contributed by atoms with E-state index in [9.17, 15) is 5.26 Å². The fourth-order valence-corrected chi connectivity index (χ4v) is 2.31. The van der Waals surface area contributed by atoms with Gasteiger partial charge in [-0.05, 0) is 30.7 Å². The molecule has 6 nitrogen and oxygen atoms in total. The number of nitrogens with two attached hydrogens (primary N) is 1. The molecular formula is C15H13N5O. The monoisotopic (exact) mass is 279 g/mol. The zero-order valence-corrected chi connectivity index (χ0v) is 11.7. The maximum atomic E-state index is 9.34. The second-order valence-electron chi connectivity index (χ2n) is 4.63. The van der Waals surface area contributed by atoms with Gasteiger partial charge in [0.1, 0.15) is 23.0 Å². The third-order valence-corrected chi connectivity index (χ3v) is 3.22. The molecule has 0 bridgehead atoms. The van der Waals surface area contributed by atoms with Crippen molar-refractivity contribution in [2.45, 2.75) is 6.92 Å². The number of hydrogen-bond donors (Lipinski definition) is 1. The fraction of sp³-hybridized carbons (Fsp3) is 0.133. The summed E-state index contributed by atoms with van der Waals surface area (Å²) in [6.07, 6.45) is 1.74. The minimum atomic E-state index is 0.268. The number of anilines is 1. The molecule has 0 aliphatic carbocycles. The topological polar surface area (TPSA) is 89.8 Å². The number of para-hydroxylation sites is 1. The van der Waals surface area contributed by atoms with Gasteiger partial charge in [-0.3, -0.25) is 4.57 Å². The summed E-state index contributed by atoms with van der Waals surface area (Å²) in [4.78, 5) is 8.70. The van der Waals surface area contributed by atoms with Gasteiger partial charge in [-0.2, -0.15) is 5.26 Å². The molecule has 0 aliphatic heterocycles. The molecule has 3 rings (SSSR count). The molecular weight excluding hydrogens is 266 g/mol. The van der Waals surface area contributed by atoms with E-state index in [2.05, 4.69) is 16.0 Å². The third kappa shape index (κ3) is 1.96. The lowest BCUT2D eigenvalue weighted by molar-refractivity contribution is 0.413. The lowest BCUT2D eigenvalue weighted by atomic mass is 10.1. The normalized spacial score (nSPS) is 10.5. The van der Waals surface area contributed by atoms with Crippen molar-refractivity contribution in [2.24, 2.45) is 0 Å². The van der Waals surface area contributed by atoms with E-state index in [0.29, 0.717) is 28.2 Å². The Labute approximate surface area is 121 Å². The maximum Gasteiger partial charge on any atom is 0.207 e. The van der Waals surface area contributed by atoms with E-state index in [1.807, 2.05) is 13.0 Å². The Kier molecular flexibility index (Phi) is 2.95. The molecule has 0 amide bonds. The Hall–Kier alpha value is -3.07. The first-order valence-electron chi connectivity index (χ1n) is 6.33. The molecule has 0 radical (unpaired) electrons. The molecule has 1 aromatic carbocycles. The quantitative estimate of drug-likeness (QED) is 0.776. The molecule has 2 N–H and O–H groups in total. The summed E-state index contributed by atoms with van der Waals surface area (Å²) in [5.41, 5.74) is 9.30. The standard InChI is InChI=1S/C15H13N5O/c1-9-6-11-14(18-8-9)20(15(17)19-11)13-10(7-16)4-3-5-12(13)21-2/h3-6,8H,1-2H3,(H2,17,19). The van der Waals surface area contributed by atoms with Crippen molar-refractivity contribution in [3.63, 3.8) is 0 Å². The smallest absolute Gasteiger partial charge is 0.207 e. The molecule has 0 saturated heterocycles. The molecule has 6 heteroatoms. The summed E-state index contributed by atoms with van der Waals surface area (Å²) in [5.74, 6) is 0.812. The van der Waals surface area contributed by atoms with E-state index in [1.54, 1.807) is 36.1 Å². The van der Waals surface area contributed by atoms with E-state index in [-0.39, 0.29) is 5.95 Å². The summed E-state index contributed by atoms with van der Waals surface area (Å²) in [6, 6.07) is 9.29. The second kappa shape index (κ2) is 4.80. The van der Waals surface area contributed by atoms with Gasteiger partial charge >= 0.3 is 0 Å². The number of pyridine rings is 1. The number of aryl methyl sites for hydroxylation is 1. The molecule has 0 unspecified atom stereocenters. The van der Waals surface area contributed by atoms with Crippen LogP contribution in [0.2, 0.25) is 0 Å². The largest absolute Gasteiger partial charge is 0.495 e. The molecule has 21 heavy (non-hydrogen) atoms. The molecule has 0 aliphatic rings. The van der Waals surface area contributed by atoms with Crippen LogP contribution in [0.15, 0.2) is 30.5 Å². The van der Waals surface area contributed by atoms with E-state index < -0.39 is 0 Å². The van der Waals surface area contributed by atoms with E-state index in [1.165, 1.54) is 0 Å². The van der Waals surface area contributed by atoms with Crippen molar-refractivity contribution in [3.8, 4) is 17.5 Å². The second-order valence-corrected chi connectivity index (χ2v) is 4.63. The van der Waals surface area contributed by atoms with Gasteiger partial charge in [-0.25, -0.2) is 9.97 Å². The van der Waals surface area contributed by atoms with Crippen LogP contribution in [0, 0.1) is 18.3 Å². The number of nitrogens with zero attached hydrogens (tertiary/aromatic N) is 4. The van der Waals surface area contributed by atoms with Gasteiger partial charge in [0.25, 0.3) is 0 Å². The zero-order chi connectivity index (χ0) is 15.0. The predicted molar refractivity (Wildman–Crippen MR) is 79.3 cm³/mol. The van der Waals surface area contributed by atoms with Crippen molar-refractivity contribution in [1.29, 1.82) is 5.26 Å². The number of benzene rings is 1. The highest BCUT2D eigenvalue weighted by Crippen LogP contribution is 2.31. The molecule has 2 aromatic heterocycles. The summed E-state index contributed by atoms with van der Waals surface area (Å²) in [5, 5.41) is 9.34. The molecule has 0 spiro atoms. The molecule has 3 aromatic rings. The van der Waals surface area contributed by atoms with Gasteiger partial charge in [-0.15, -0.1) is 0 Å². The van der Waals surface area contributed by atoms with Crippen molar-refractivity contribution in [2.75, 3.05) is 12.8 Å². The van der Waals surface area contributed by atoms with Gasteiger partial charge in [-0.1, -0.05) is 6.07 Å². The van der Waals surface area contributed by atoms with E-state index in [4.69, 9.17) is 10.5 Å². The fourth-order valence-electron chi connectivity index (χ4n) is 2.31. The SMILES string of the molecule is COc1cccc(C#N)c1-n1c(N)nc2cc(C)cnc21. The number of aromatic nitrogens is 3. The van der Waals surface area contributed by atoms with Crippen molar-refractivity contribution < 1.29 is 4.74 Å². The van der Waals surface area contributed by atoms with Crippen LogP contribution in [-0.4, -0.2) is 21.6 Å². The lowest BCUT2D eigenvalue weighted by Crippen LogP contribution is -2.05. The highest BCUT2D eigenvalue weighted by molar-refractivity contribution is 5.79. The Morgan fingerprint density at radius 3 is 2.90 bits per heavy atom. The number of nitriles is 1. The highest BCUT2D eigenvalue weighted by Gasteiger charge is 2.18. The number of methoxy groups -OCH3 is 1. The average Bonchev–Trinajstić information content (AvgIpc) is 2.80. The van der Waals surface area contributed by atoms with Crippen LogP contribution in [-0.2, 0) is 0 Å². The zero-order valence-electron chi connectivity index (χ0n) is 11.7. The summed E-state index contributed by atoms with van der Waals surface area (Å²) >= 11 is 0. The highest BCUT2D eigenvalue weighted by atomic mass is 16.5. The van der Waals surface area contributed by atoms with Crippen LogP contribution in [0.4, 0.5) is 5.95 Å². The van der Waals surface area contributed by atoms with Crippen LogP contribution in [0.3, 0.4) is 0 Å². The van der Waals surface area contributed by atoms with Crippen LogP contribution < -0.4 is 10.5 Å². The number of rotatable bonds is 2. The minimum Gasteiger partial charge on any atom is -0.495 e. The van der Waals surface area contributed by atoms with E-state index in [0.717, 1.165) is 5.56 Å². The number of fused-ring (bicyclic) bond motifs is 1. The predicted octanol–water partition coefficient (Wildman–Crippen LogP) is 2.19. The summed E-state index contributed by atoms with van der Waals surface area (Å²) in [6.45, 7) is 1.94. The van der Waals surface area contributed by atoms with Crippen molar-refractivity contribution in [1.82, 2.24) is 14.5 Å². The number of nitrogen functional groups attached to an aromatic ring is 1. The number of imidazole rings is 1. The summed E-state index contributed by atoms with van der Waals surface area (Å²) in [7, 11) is 1.55. The van der Waals surface area contributed by atoms with E-state index >= 15 is 0 Å². The van der Waals surface area contributed by atoms with Gasteiger partial charge < -0.3 is 10.5 Å². The van der Waals surface area contributed by atoms with Crippen LogP contribution >= 0.6 is 0 Å². The van der Waals surface area contributed by atoms with Crippen LogP contribution in [0.5, 0.6) is 5.75 Å². The van der Waals surface area contributed by atoms with Crippen LogP contribution in [0.1, 0.15) is 11.1 Å². The molecule has 2 heterocycles. The van der Waals surface area contributed by atoms with Gasteiger partial charge in [0.05, 0.1) is 12.7 Å². The van der Waals surface area contributed by atoms with Crippen molar-refractivity contribution >= 4 is 17.1 Å². The summed E-state index contributed by atoms with van der Waals surface area (Å²) < 4.78 is 7.00. The minimum absolute atomic E-state index is 0.268. The average molecular weight is 279 g/mol. The first-order valence-corrected chi connectivity index (χ1v) is 6.33. The Morgan fingerprint density at radius 1 is 1.38 bits per heavy atom. The third-order valence-electron chi connectivity index (χ3n) is 3.22. The molecule has 0 atom stereocenters. The van der Waals surface area contributed by atoms with Crippen molar-refractivity contribution in [3.05, 3.63) is 41.6 Å². The first kappa shape index (κ1) is 12.9. The van der Waals surface area contributed by atoms with Gasteiger partial charge in [0.2, 0.25) is 5.95 Å². The molecule has 104 valence electrons. The van der Waals surface area contributed by atoms with Gasteiger partial charge in [0, 0.05) is 6.20 Å². The Bertz CT molecular complexity index is 876. The molecule has 0 saturated carbocycles. The maximum absolute atomic E-state index is 9.34. The Balaban J connectivity index is 2.41. The van der Waals surface area contributed by atoms with Crippen LogP contribution in [0.25, 0.3) is 16.9 Å². The lowest BCUT2D eigenvalue weighted by Gasteiger charge is -2.12. The van der Waals surface area contributed by atoms with Gasteiger partial charge in [0.15, 0.2) is 5.65 Å². The first-order chi connectivity index (χ1) is 10.2. The Morgan fingerprint density at radius 2 is 2.19 bits per heavy atom. The number of ether oxygens (including phenoxy) is 1. The number of hydrogen-bond acceptors (Lipinski definition) is 5.